The van der Waals surface area contributed by atoms with E-state index in [1.165, 1.54) is 6.92 Å². The summed E-state index contributed by atoms with van der Waals surface area (Å²) in [5.41, 5.74) is 0.303. The van der Waals surface area contributed by atoms with Gasteiger partial charge < -0.3 is 9.84 Å². The van der Waals surface area contributed by atoms with Crippen LogP contribution < -0.4 is 4.74 Å². The Kier molecular flexibility index (Phi) is 3.69. The van der Waals surface area contributed by atoms with Gasteiger partial charge in [0.15, 0.2) is 6.10 Å². The van der Waals surface area contributed by atoms with Gasteiger partial charge in [-0.05, 0) is 25.1 Å². The number of hydrogen-bond donors (Lipinski definition) is 1. The molecule has 15 heavy (non-hydrogen) atoms. The van der Waals surface area contributed by atoms with Gasteiger partial charge in [0.05, 0.1) is 5.56 Å². The van der Waals surface area contributed by atoms with Crippen LogP contribution in [0.25, 0.3) is 0 Å². The van der Waals surface area contributed by atoms with Gasteiger partial charge >= 0.3 is 5.97 Å². The molecule has 5 heteroatoms. The van der Waals surface area contributed by atoms with Crippen molar-refractivity contribution in [2.24, 2.45) is 0 Å². The van der Waals surface area contributed by atoms with E-state index in [-0.39, 0.29) is 5.75 Å². The molecule has 0 aliphatic rings. The minimum absolute atomic E-state index is 0.274. The highest BCUT2D eigenvalue weighted by molar-refractivity contribution is 9.10. The van der Waals surface area contributed by atoms with Crippen LogP contribution in [0.5, 0.6) is 5.75 Å². The number of nitrogens with zero attached hydrogens (tertiary/aromatic N) is 1. The highest BCUT2D eigenvalue weighted by atomic mass is 79.9. The topological polar surface area (TPSA) is 70.3 Å². The Balaban J connectivity index is 2.96. The second-order valence-electron chi connectivity index (χ2n) is 2.85. The standard InChI is InChI=1S/C10H8BrNO3/c1-6(10(13)14)15-9-3-2-8(11)4-7(9)5-12/h2-4,6H,1H3,(H,13,14)/t6-/m1/s1. The molecule has 1 rings (SSSR count). The van der Waals surface area contributed by atoms with Crippen LogP contribution in [0.15, 0.2) is 22.7 Å². The van der Waals surface area contributed by atoms with Gasteiger partial charge in [0.2, 0.25) is 0 Å². The molecule has 0 unspecified atom stereocenters. The van der Waals surface area contributed by atoms with E-state index in [2.05, 4.69) is 15.9 Å². The molecule has 0 saturated carbocycles. The molecule has 4 nitrogen and oxygen atoms in total. The molecule has 78 valence electrons. The number of rotatable bonds is 3. The van der Waals surface area contributed by atoms with Crippen molar-refractivity contribution in [2.45, 2.75) is 13.0 Å². The molecule has 0 aromatic heterocycles. The lowest BCUT2D eigenvalue weighted by atomic mass is 10.2. The fourth-order valence-electron chi connectivity index (χ4n) is 0.933. The van der Waals surface area contributed by atoms with Crippen LogP contribution in [0, 0.1) is 11.3 Å². The minimum Gasteiger partial charge on any atom is -0.479 e. The van der Waals surface area contributed by atoms with E-state index < -0.39 is 12.1 Å². The van der Waals surface area contributed by atoms with E-state index in [9.17, 15) is 4.79 Å². The Bertz CT molecular complexity index is 425. The molecule has 0 saturated heterocycles. The quantitative estimate of drug-likeness (QED) is 0.913. The summed E-state index contributed by atoms with van der Waals surface area (Å²) >= 11 is 3.21. The molecule has 0 bridgehead atoms. The number of carboxylic acids is 1. The van der Waals surface area contributed by atoms with E-state index in [4.69, 9.17) is 15.1 Å². The van der Waals surface area contributed by atoms with Gasteiger partial charge in [-0.15, -0.1) is 0 Å². The predicted octanol–water partition coefficient (Wildman–Crippen LogP) is 2.17. The molecular formula is C10H8BrNO3. The zero-order valence-corrected chi connectivity index (χ0v) is 9.48. The summed E-state index contributed by atoms with van der Waals surface area (Å²) in [5, 5.41) is 17.4. The molecule has 1 aromatic rings. The Labute approximate surface area is 95.2 Å². The van der Waals surface area contributed by atoms with Crippen molar-refractivity contribution >= 4 is 21.9 Å². The van der Waals surface area contributed by atoms with Crippen molar-refractivity contribution < 1.29 is 14.6 Å². The Hall–Kier alpha value is -1.54. The number of nitriles is 1. The Morgan fingerprint density at radius 1 is 1.67 bits per heavy atom. The van der Waals surface area contributed by atoms with Crippen LogP contribution in [0.1, 0.15) is 12.5 Å². The summed E-state index contributed by atoms with van der Waals surface area (Å²) in [5.74, 6) is -0.794. The first-order chi connectivity index (χ1) is 7.04. The molecule has 1 N–H and O–H groups in total. The fourth-order valence-corrected chi connectivity index (χ4v) is 1.29. The molecule has 0 aliphatic carbocycles. The van der Waals surface area contributed by atoms with Gasteiger partial charge in [-0.25, -0.2) is 4.79 Å². The SMILES string of the molecule is C[C@@H](Oc1ccc(Br)cc1C#N)C(=O)O. The van der Waals surface area contributed by atoms with Crippen molar-refractivity contribution in [1.29, 1.82) is 5.26 Å². The maximum Gasteiger partial charge on any atom is 0.344 e. The van der Waals surface area contributed by atoms with Gasteiger partial charge in [0.1, 0.15) is 11.8 Å². The van der Waals surface area contributed by atoms with Crippen molar-refractivity contribution in [1.82, 2.24) is 0 Å². The van der Waals surface area contributed by atoms with Gasteiger partial charge in [-0.2, -0.15) is 5.26 Å². The zero-order valence-electron chi connectivity index (χ0n) is 7.90. The summed E-state index contributed by atoms with van der Waals surface area (Å²) in [6, 6.07) is 6.75. The summed E-state index contributed by atoms with van der Waals surface area (Å²) in [7, 11) is 0. The maximum absolute atomic E-state index is 10.6. The first-order valence-electron chi connectivity index (χ1n) is 4.13. The van der Waals surface area contributed by atoms with Crippen molar-refractivity contribution in [2.75, 3.05) is 0 Å². The first-order valence-corrected chi connectivity index (χ1v) is 4.93. The van der Waals surface area contributed by atoms with Gasteiger partial charge in [-0.1, -0.05) is 15.9 Å². The molecule has 1 aromatic carbocycles. The van der Waals surface area contributed by atoms with Crippen molar-refractivity contribution in [3.63, 3.8) is 0 Å². The Morgan fingerprint density at radius 2 is 2.33 bits per heavy atom. The molecule has 0 aliphatic heterocycles. The molecule has 0 fully saturated rings. The molecule has 0 radical (unpaired) electrons. The first kappa shape index (κ1) is 11.5. The predicted molar refractivity (Wildman–Crippen MR) is 56.6 cm³/mol. The van der Waals surface area contributed by atoms with Gasteiger partial charge in [-0.3, -0.25) is 0 Å². The number of ether oxygens (including phenoxy) is 1. The minimum atomic E-state index is -1.07. The average Bonchev–Trinajstić information content (AvgIpc) is 2.20. The zero-order chi connectivity index (χ0) is 11.4. The molecule has 0 heterocycles. The third-order valence-corrected chi connectivity index (χ3v) is 2.21. The average molecular weight is 270 g/mol. The molecule has 0 spiro atoms. The number of benzene rings is 1. The lowest BCUT2D eigenvalue weighted by molar-refractivity contribution is -0.144. The molecule has 0 amide bonds. The van der Waals surface area contributed by atoms with Gasteiger partial charge in [0.25, 0.3) is 0 Å². The van der Waals surface area contributed by atoms with E-state index in [0.29, 0.717) is 5.56 Å². The third-order valence-electron chi connectivity index (χ3n) is 1.71. The number of carbonyl (C=O) groups is 1. The second kappa shape index (κ2) is 4.80. The lowest BCUT2D eigenvalue weighted by Crippen LogP contribution is -2.23. The van der Waals surface area contributed by atoms with Crippen LogP contribution in [-0.4, -0.2) is 17.2 Å². The van der Waals surface area contributed by atoms with Crippen LogP contribution in [-0.2, 0) is 4.79 Å². The fraction of sp³-hybridized carbons (Fsp3) is 0.200. The number of hydrogen-bond acceptors (Lipinski definition) is 3. The normalized spacial score (nSPS) is 11.5. The van der Waals surface area contributed by atoms with E-state index in [1.54, 1.807) is 18.2 Å². The van der Waals surface area contributed by atoms with Crippen LogP contribution in [0.3, 0.4) is 0 Å². The van der Waals surface area contributed by atoms with Crippen LogP contribution in [0.2, 0.25) is 0 Å². The molecule has 1 atom stereocenters. The lowest BCUT2D eigenvalue weighted by Gasteiger charge is -2.11. The molecular weight excluding hydrogens is 262 g/mol. The van der Waals surface area contributed by atoms with Crippen molar-refractivity contribution in [3.05, 3.63) is 28.2 Å². The summed E-state index contributed by atoms with van der Waals surface area (Å²) < 4.78 is 5.85. The van der Waals surface area contributed by atoms with E-state index >= 15 is 0 Å². The number of carboxylic acid groups (broad SMARTS) is 1. The second-order valence-corrected chi connectivity index (χ2v) is 3.77. The van der Waals surface area contributed by atoms with Crippen LogP contribution >= 0.6 is 15.9 Å². The third kappa shape index (κ3) is 2.96. The summed E-state index contributed by atoms with van der Waals surface area (Å²) in [6.07, 6.45) is -0.974. The number of aliphatic carboxylic acids is 1. The van der Waals surface area contributed by atoms with E-state index in [0.717, 1.165) is 4.47 Å². The van der Waals surface area contributed by atoms with Gasteiger partial charge in [0, 0.05) is 4.47 Å². The monoisotopic (exact) mass is 269 g/mol. The summed E-state index contributed by atoms with van der Waals surface area (Å²) in [6.45, 7) is 1.41. The summed E-state index contributed by atoms with van der Waals surface area (Å²) in [4.78, 5) is 10.6. The maximum atomic E-state index is 10.6. The highest BCUT2D eigenvalue weighted by Crippen LogP contribution is 2.23. The largest absolute Gasteiger partial charge is 0.479 e. The highest BCUT2D eigenvalue weighted by Gasteiger charge is 2.14. The van der Waals surface area contributed by atoms with Crippen molar-refractivity contribution in [3.8, 4) is 11.8 Å². The van der Waals surface area contributed by atoms with E-state index in [1.807, 2.05) is 6.07 Å². The smallest absolute Gasteiger partial charge is 0.344 e. The number of halogens is 1. The van der Waals surface area contributed by atoms with Crippen LogP contribution in [0.4, 0.5) is 0 Å². The Morgan fingerprint density at radius 3 is 2.87 bits per heavy atom.